The monoisotopic (exact) mass is 377 g/mol. The highest BCUT2D eigenvalue weighted by Gasteiger charge is 2.38. The number of thioether (sulfide) groups is 1. The number of aryl methyl sites for hydroxylation is 1. The van der Waals surface area contributed by atoms with E-state index in [1.54, 1.807) is 6.92 Å². The lowest BCUT2D eigenvalue weighted by Gasteiger charge is -2.18. The fourth-order valence-corrected chi connectivity index (χ4v) is 3.82. The molecule has 2 aromatic rings. The summed E-state index contributed by atoms with van der Waals surface area (Å²) in [6.45, 7) is 4.05. The number of carbonyl (C=O) groups excluding carboxylic acids is 2. The van der Waals surface area contributed by atoms with Crippen molar-refractivity contribution in [2.45, 2.75) is 25.6 Å². The van der Waals surface area contributed by atoms with Gasteiger partial charge in [-0.25, -0.2) is 0 Å². The maximum absolute atomic E-state index is 12.7. The molecule has 6 heteroatoms. The van der Waals surface area contributed by atoms with Crippen molar-refractivity contribution in [1.29, 1.82) is 5.26 Å². The molecule has 3 rings (SSSR count). The van der Waals surface area contributed by atoms with E-state index in [4.69, 9.17) is 0 Å². The number of carbonyl (C=O) groups is 2. The quantitative estimate of drug-likeness (QED) is 0.654. The zero-order valence-electron chi connectivity index (χ0n) is 15.1. The second kappa shape index (κ2) is 8.11. The molecule has 2 amide bonds. The Labute approximate surface area is 162 Å². The number of benzene rings is 2. The Hall–Kier alpha value is -3.04. The Bertz CT molecular complexity index is 930. The van der Waals surface area contributed by atoms with Crippen LogP contribution in [-0.4, -0.2) is 17.1 Å². The fraction of sp³-hybridized carbons (Fsp3) is 0.190. The standard InChI is InChI=1S/C21H19N3O2S/c1-14-8-10-17(11-9-14)24-20(26)15(2)27-21(24)18(12-22)19(25)23-13-16-6-4-3-5-7-16/h3-11,15H,13H2,1-2H3,(H,23,25)/b21-18-. The van der Waals surface area contributed by atoms with Crippen LogP contribution in [0, 0.1) is 18.3 Å². The van der Waals surface area contributed by atoms with Crippen molar-refractivity contribution < 1.29 is 9.59 Å². The maximum atomic E-state index is 12.7. The van der Waals surface area contributed by atoms with Gasteiger partial charge in [-0.05, 0) is 31.5 Å². The number of nitrogens with zero attached hydrogens (tertiary/aromatic N) is 2. The third-order valence-electron chi connectivity index (χ3n) is 4.20. The van der Waals surface area contributed by atoms with Crippen LogP contribution in [0.1, 0.15) is 18.1 Å². The molecule has 5 nitrogen and oxygen atoms in total. The summed E-state index contributed by atoms with van der Waals surface area (Å²) in [5.74, 6) is -0.620. The topological polar surface area (TPSA) is 73.2 Å². The van der Waals surface area contributed by atoms with E-state index in [2.05, 4.69) is 5.32 Å². The number of anilines is 1. The van der Waals surface area contributed by atoms with Crippen molar-refractivity contribution in [3.8, 4) is 6.07 Å². The molecule has 27 heavy (non-hydrogen) atoms. The average molecular weight is 377 g/mol. The minimum absolute atomic E-state index is 0.0470. The van der Waals surface area contributed by atoms with Crippen LogP contribution in [0.2, 0.25) is 0 Å². The Morgan fingerprint density at radius 2 is 1.85 bits per heavy atom. The number of hydrogen-bond donors (Lipinski definition) is 1. The Morgan fingerprint density at radius 3 is 2.48 bits per heavy atom. The molecule has 2 aromatic carbocycles. The van der Waals surface area contributed by atoms with E-state index >= 15 is 0 Å². The molecule has 1 atom stereocenters. The van der Waals surface area contributed by atoms with Gasteiger partial charge in [0.05, 0.1) is 5.25 Å². The molecule has 136 valence electrons. The zero-order valence-corrected chi connectivity index (χ0v) is 15.9. The van der Waals surface area contributed by atoms with Gasteiger partial charge in [-0.3, -0.25) is 14.5 Å². The van der Waals surface area contributed by atoms with Gasteiger partial charge in [-0.2, -0.15) is 5.26 Å². The van der Waals surface area contributed by atoms with Gasteiger partial charge in [-0.15, -0.1) is 0 Å². The van der Waals surface area contributed by atoms with Crippen LogP contribution >= 0.6 is 11.8 Å². The SMILES string of the molecule is Cc1ccc(N2C(=O)C(C)S/C2=C(/C#N)C(=O)NCc2ccccc2)cc1. The molecule has 1 unspecified atom stereocenters. The average Bonchev–Trinajstić information content (AvgIpc) is 2.97. The van der Waals surface area contributed by atoms with Crippen molar-refractivity contribution in [1.82, 2.24) is 5.32 Å². The zero-order chi connectivity index (χ0) is 19.4. The molecule has 0 saturated carbocycles. The lowest BCUT2D eigenvalue weighted by Crippen LogP contribution is -2.30. The van der Waals surface area contributed by atoms with E-state index in [1.165, 1.54) is 16.7 Å². The molecule has 0 bridgehead atoms. The minimum Gasteiger partial charge on any atom is -0.347 e. The van der Waals surface area contributed by atoms with Crippen molar-refractivity contribution in [2.75, 3.05) is 4.90 Å². The fourth-order valence-electron chi connectivity index (χ4n) is 2.72. The highest BCUT2D eigenvalue weighted by molar-refractivity contribution is 8.05. The van der Waals surface area contributed by atoms with Crippen molar-refractivity contribution in [3.05, 3.63) is 76.3 Å². The summed E-state index contributed by atoms with van der Waals surface area (Å²) in [6, 6.07) is 18.9. The molecule has 0 aliphatic carbocycles. The van der Waals surface area contributed by atoms with Crippen LogP contribution < -0.4 is 10.2 Å². The first-order valence-electron chi connectivity index (χ1n) is 8.55. The molecule has 1 heterocycles. The second-order valence-electron chi connectivity index (χ2n) is 6.23. The summed E-state index contributed by atoms with van der Waals surface area (Å²) < 4.78 is 0. The number of amides is 2. The van der Waals surface area contributed by atoms with Gasteiger partial charge < -0.3 is 5.32 Å². The molecule has 1 aliphatic rings. The number of hydrogen-bond acceptors (Lipinski definition) is 4. The van der Waals surface area contributed by atoms with E-state index in [9.17, 15) is 14.9 Å². The number of nitriles is 1. The second-order valence-corrected chi connectivity index (χ2v) is 7.56. The van der Waals surface area contributed by atoms with Crippen LogP contribution in [0.3, 0.4) is 0 Å². The Morgan fingerprint density at radius 1 is 1.19 bits per heavy atom. The molecule has 1 saturated heterocycles. The number of rotatable bonds is 4. The van der Waals surface area contributed by atoms with Gasteiger partial charge in [0.1, 0.15) is 16.7 Å². The molecular weight excluding hydrogens is 358 g/mol. The summed E-state index contributed by atoms with van der Waals surface area (Å²) in [6.07, 6.45) is 0. The van der Waals surface area contributed by atoms with Crippen LogP contribution in [0.5, 0.6) is 0 Å². The van der Waals surface area contributed by atoms with E-state index in [1.807, 2.05) is 67.6 Å². The molecule has 0 aromatic heterocycles. The van der Waals surface area contributed by atoms with E-state index in [-0.39, 0.29) is 16.7 Å². The maximum Gasteiger partial charge on any atom is 0.264 e. The Kier molecular flexibility index (Phi) is 5.63. The lowest BCUT2D eigenvalue weighted by molar-refractivity contribution is -0.117. The first-order chi connectivity index (χ1) is 13.0. The molecular formula is C21H19N3O2S. The molecule has 1 aliphatic heterocycles. The molecule has 0 spiro atoms. The highest BCUT2D eigenvalue weighted by Crippen LogP contribution is 2.40. The summed E-state index contributed by atoms with van der Waals surface area (Å²) in [7, 11) is 0. The normalized spacial score (nSPS) is 18.2. The third kappa shape index (κ3) is 4.04. The summed E-state index contributed by atoms with van der Waals surface area (Å²) >= 11 is 1.24. The summed E-state index contributed by atoms with van der Waals surface area (Å²) in [5, 5.41) is 12.4. The largest absolute Gasteiger partial charge is 0.347 e. The van der Waals surface area contributed by atoms with Crippen LogP contribution in [0.25, 0.3) is 0 Å². The van der Waals surface area contributed by atoms with Crippen LogP contribution in [0.4, 0.5) is 5.69 Å². The van der Waals surface area contributed by atoms with E-state index in [0.29, 0.717) is 17.3 Å². The van der Waals surface area contributed by atoms with Gasteiger partial charge >= 0.3 is 0 Å². The van der Waals surface area contributed by atoms with Crippen LogP contribution in [-0.2, 0) is 16.1 Å². The summed E-state index contributed by atoms with van der Waals surface area (Å²) in [4.78, 5) is 26.8. The van der Waals surface area contributed by atoms with Crippen molar-refractivity contribution in [3.63, 3.8) is 0 Å². The Balaban J connectivity index is 1.91. The van der Waals surface area contributed by atoms with Crippen LogP contribution in [0.15, 0.2) is 65.2 Å². The molecule has 1 N–H and O–H groups in total. The van der Waals surface area contributed by atoms with E-state index < -0.39 is 5.91 Å². The van der Waals surface area contributed by atoms with Gasteiger partial charge in [0.2, 0.25) is 5.91 Å². The highest BCUT2D eigenvalue weighted by atomic mass is 32.2. The van der Waals surface area contributed by atoms with Gasteiger partial charge in [0.15, 0.2) is 0 Å². The predicted octanol–water partition coefficient (Wildman–Crippen LogP) is 3.51. The summed E-state index contributed by atoms with van der Waals surface area (Å²) in [5.41, 5.74) is 2.61. The van der Waals surface area contributed by atoms with Crippen molar-refractivity contribution in [2.24, 2.45) is 0 Å². The van der Waals surface area contributed by atoms with Gasteiger partial charge in [-0.1, -0.05) is 59.8 Å². The lowest BCUT2D eigenvalue weighted by atomic mass is 10.2. The number of nitrogens with one attached hydrogen (secondary N) is 1. The van der Waals surface area contributed by atoms with Crippen molar-refractivity contribution >= 4 is 29.3 Å². The molecule has 0 radical (unpaired) electrons. The molecule has 1 fully saturated rings. The third-order valence-corrected chi connectivity index (χ3v) is 5.37. The van der Waals surface area contributed by atoms with E-state index in [0.717, 1.165) is 11.1 Å². The first-order valence-corrected chi connectivity index (χ1v) is 9.43. The van der Waals surface area contributed by atoms with Gasteiger partial charge in [0, 0.05) is 12.2 Å². The van der Waals surface area contributed by atoms with Gasteiger partial charge in [0.25, 0.3) is 5.91 Å². The predicted molar refractivity (Wildman–Crippen MR) is 107 cm³/mol. The minimum atomic E-state index is -0.483. The first kappa shape index (κ1) is 18.7. The smallest absolute Gasteiger partial charge is 0.264 e.